The van der Waals surface area contributed by atoms with Crippen molar-refractivity contribution in [3.8, 4) is 0 Å². The standard InChI is InChI=1S/C20H20N4O/c1-3-24(17-11-7-8-15(2)12-17)20(25)18-13-19(22-14-21-18)23-16-9-5-4-6-10-16/h4-14H,3H2,1-2H3,(H,21,22,23). The van der Waals surface area contributed by atoms with Crippen molar-refractivity contribution in [1.29, 1.82) is 0 Å². The molecule has 0 aliphatic heterocycles. The third-order valence-corrected chi connectivity index (χ3v) is 3.81. The molecule has 3 aromatic rings. The molecule has 0 unspecified atom stereocenters. The summed E-state index contributed by atoms with van der Waals surface area (Å²) in [5, 5.41) is 3.18. The van der Waals surface area contributed by atoms with Gasteiger partial charge in [0.15, 0.2) is 0 Å². The summed E-state index contributed by atoms with van der Waals surface area (Å²) in [6.45, 7) is 4.52. The Bertz CT molecular complexity index is 864. The first-order valence-electron chi connectivity index (χ1n) is 8.20. The van der Waals surface area contributed by atoms with Gasteiger partial charge in [-0.15, -0.1) is 0 Å². The van der Waals surface area contributed by atoms with E-state index in [1.54, 1.807) is 11.0 Å². The van der Waals surface area contributed by atoms with Crippen LogP contribution in [0.1, 0.15) is 23.0 Å². The fourth-order valence-corrected chi connectivity index (χ4v) is 2.59. The molecule has 2 aromatic carbocycles. The van der Waals surface area contributed by atoms with Crippen LogP contribution in [-0.4, -0.2) is 22.4 Å². The average Bonchev–Trinajstić information content (AvgIpc) is 2.63. The summed E-state index contributed by atoms with van der Waals surface area (Å²) in [6.07, 6.45) is 1.41. The molecule has 1 N–H and O–H groups in total. The summed E-state index contributed by atoms with van der Waals surface area (Å²) < 4.78 is 0. The molecule has 0 spiro atoms. The van der Waals surface area contributed by atoms with Crippen molar-refractivity contribution in [2.75, 3.05) is 16.8 Å². The number of anilines is 3. The zero-order valence-electron chi connectivity index (χ0n) is 14.3. The lowest BCUT2D eigenvalue weighted by Crippen LogP contribution is -2.31. The number of aryl methyl sites for hydroxylation is 1. The smallest absolute Gasteiger partial charge is 0.277 e. The molecule has 126 valence electrons. The van der Waals surface area contributed by atoms with Gasteiger partial charge in [0.2, 0.25) is 0 Å². The highest BCUT2D eigenvalue weighted by atomic mass is 16.2. The van der Waals surface area contributed by atoms with E-state index in [1.165, 1.54) is 6.33 Å². The molecule has 5 nitrogen and oxygen atoms in total. The van der Waals surface area contributed by atoms with Crippen molar-refractivity contribution < 1.29 is 4.79 Å². The molecule has 1 amide bonds. The lowest BCUT2D eigenvalue weighted by atomic mass is 10.2. The fourth-order valence-electron chi connectivity index (χ4n) is 2.59. The molecule has 0 radical (unpaired) electrons. The molecule has 5 heteroatoms. The molecule has 0 aliphatic rings. The van der Waals surface area contributed by atoms with Gasteiger partial charge < -0.3 is 10.2 Å². The number of carbonyl (C=O) groups is 1. The predicted octanol–water partition coefficient (Wildman–Crippen LogP) is 4.20. The Labute approximate surface area is 147 Å². The van der Waals surface area contributed by atoms with Crippen molar-refractivity contribution >= 4 is 23.1 Å². The van der Waals surface area contributed by atoms with Crippen LogP contribution in [-0.2, 0) is 0 Å². The molecular weight excluding hydrogens is 312 g/mol. The van der Waals surface area contributed by atoms with Gasteiger partial charge in [-0.2, -0.15) is 0 Å². The van der Waals surface area contributed by atoms with Crippen LogP contribution < -0.4 is 10.2 Å². The molecule has 0 aliphatic carbocycles. The molecule has 0 bridgehead atoms. The molecule has 0 saturated carbocycles. The monoisotopic (exact) mass is 332 g/mol. The maximum Gasteiger partial charge on any atom is 0.277 e. The Kier molecular flexibility index (Phi) is 5.04. The number of para-hydroxylation sites is 1. The summed E-state index contributed by atoms with van der Waals surface area (Å²) in [6, 6.07) is 19.2. The van der Waals surface area contributed by atoms with Gasteiger partial charge in [-0.1, -0.05) is 30.3 Å². The quantitative estimate of drug-likeness (QED) is 0.761. The Morgan fingerprint density at radius 3 is 2.56 bits per heavy atom. The Morgan fingerprint density at radius 2 is 1.84 bits per heavy atom. The summed E-state index contributed by atoms with van der Waals surface area (Å²) in [4.78, 5) is 23.0. The highest BCUT2D eigenvalue weighted by molar-refractivity contribution is 6.05. The minimum atomic E-state index is -0.147. The zero-order chi connectivity index (χ0) is 17.6. The Balaban J connectivity index is 1.85. The maximum atomic E-state index is 12.9. The Hall–Kier alpha value is -3.21. The van der Waals surface area contributed by atoms with Gasteiger partial charge in [0.1, 0.15) is 17.8 Å². The van der Waals surface area contributed by atoms with E-state index in [4.69, 9.17) is 0 Å². The van der Waals surface area contributed by atoms with Crippen LogP contribution in [0.25, 0.3) is 0 Å². The molecular formula is C20H20N4O. The highest BCUT2D eigenvalue weighted by Crippen LogP contribution is 2.19. The average molecular weight is 332 g/mol. The number of hydrogen-bond donors (Lipinski definition) is 1. The number of amides is 1. The summed E-state index contributed by atoms with van der Waals surface area (Å²) in [5.74, 6) is 0.441. The molecule has 1 aromatic heterocycles. The van der Waals surface area contributed by atoms with Crippen molar-refractivity contribution in [1.82, 2.24) is 9.97 Å². The number of carbonyl (C=O) groups excluding carboxylic acids is 1. The number of aromatic nitrogens is 2. The van der Waals surface area contributed by atoms with E-state index in [0.29, 0.717) is 18.1 Å². The highest BCUT2D eigenvalue weighted by Gasteiger charge is 2.18. The van der Waals surface area contributed by atoms with Crippen LogP contribution in [0.5, 0.6) is 0 Å². The summed E-state index contributed by atoms with van der Waals surface area (Å²) in [7, 11) is 0. The first kappa shape index (κ1) is 16.6. The first-order chi connectivity index (χ1) is 12.2. The summed E-state index contributed by atoms with van der Waals surface area (Å²) >= 11 is 0. The minimum Gasteiger partial charge on any atom is -0.340 e. The van der Waals surface area contributed by atoms with E-state index in [-0.39, 0.29) is 5.91 Å². The number of hydrogen-bond acceptors (Lipinski definition) is 4. The third kappa shape index (κ3) is 4.01. The van der Waals surface area contributed by atoms with Gasteiger partial charge in [0, 0.05) is 24.0 Å². The van der Waals surface area contributed by atoms with E-state index in [1.807, 2.05) is 68.4 Å². The van der Waals surface area contributed by atoms with Crippen LogP contribution in [0.4, 0.5) is 17.2 Å². The molecule has 0 atom stereocenters. The first-order valence-corrected chi connectivity index (χ1v) is 8.20. The van der Waals surface area contributed by atoms with Crippen molar-refractivity contribution in [3.63, 3.8) is 0 Å². The topological polar surface area (TPSA) is 58.1 Å². The Morgan fingerprint density at radius 1 is 1.04 bits per heavy atom. The van der Waals surface area contributed by atoms with E-state index in [2.05, 4.69) is 15.3 Å². The number of benzene rings is 2. The van der Waals surface area contributed by atoms with Crippen LogP contribution in [0.2, 0.25) is 0 Å². The van der Waals surface area contributed by atoms with Crippen molar-refractivity contribution in [2.45, 2.75) is 13.8 Å². The number of nitrogens with zero attached hydrogens (tertiary/aromatic N) is 3. The fraction of sp³-hybridized carbons (Fsp3) is 0.150. The van der Waals surface area contributed by atoms with Crippen molar-refractivity contribution in [3.05, 3.63) is 78.2 Å². The molecule has 0 fully saturated rings. The van der Waals surface area contributed by atoms with Gasteiger partial charge in [-0.25, -0.2) is 9.97 Å². The second-order valence-corrected chi connectivity index (χ2v) is 5.67. The van der Waals surface area contributed by atoms with Crippen molar-refractivity contribution in [2.24, 2.45) is 0 Å². The van der Waals surface area contributed by atoms with Crippen LogP contribution in [0, 0.1) is 6.92 Å². The van der Waals surface area contributed by atoms with Crippen LogP contribution in [0.3, 0.4) is 0 Å². The summed E-state index contributed by atoms with van der Waals surface area (Å²) in [5.41, 5.74) is 3.24. The third-order valence-electron chi connectivity index (χ3n) is 3.81. The second-order valence-electron chi connectivity index (χ2n) is 5.67. The molecule has 0 saturated heterocycles. The largest absolute Gasteiger partial charge is 0.340 e. The van der Waals surface area contributed by atoms with Gasteiger partial charge in [0.25, 0.3) is 5.91 Å². The van der Waals surface area contributed by atoms with Gasteiger partial charge in [0.05, 0.1) is 0 Å². The van der Waals surface area contributed by atoms with Gasteiger partial charge in [-0.05, 0) is 43.7 Å². The maximum absolute atomic E-state index is 12.9. The van der Waals surface area contributed by atoms with Crippen LogP contribution in [0.15, 0.2) is 67.0 Å². The minimum absolute atomic E-state index is 0.147. The lowest BCUT2D eigenvalue weighted by Gasteiger charge is -2.21. The van der Waals surface area contributed by atoms with E-state index < -0.39 is 0 Å². The second kappa shape index (κ2) is 7.57. The van der Waals surface area contributed by atoms with Crippen LogP contribution >= 0.6 is 0 Å². The molecule has 25 heavy (non-hydrogen) atoms. The van der Waals surface area contributed by atoms with E-state index in [9.17, 15) is 4.79 Å². The van der Waals surface area contributed by atoms with Gasteiger partial charge >= 0.3 is 0 Å². The lowest BCUT2D eigenvalue weighted by molar-refractivity contribution is 0.0983. The normalized spacial score (nSPS) is 10.3. The SMILES string of the molecule is CCN(C(=O)c1cc(Nc2ccccc2)ncn1)c1cccc(C)c1. The number of nitrogens with one attached hydrogen (secondary N) is 1. The molecule has 1 heterocycles. The predicted molar refractivity (Wildman–Crippen MR) is 100 cm³/mol. The zero-order valence-corrected chi connectivity index (χ0v) is 14.3. The van der Waals surface area contributed by atoms with E-state index >= 15 is 0 Å². The number of rotatable bonds is 5. The van der Waals surface area contributed by atoms with E-state index in [0.717, 1.165) is 16.9 Å². The van der Waals surface area contributed by atoms with Gasteiger partial charge in [-0.3, -0.25) is 4.79 Å². The molecule has 3 rings (SSSR count).